The maximum absolute atomic E-state index is 12.1. The van der Waals surface area contributed by atoms with Crippen LogP contribution in [0.4, 0.5) is 0 Å². The van der Waals surface area contributed by atoms with E-state index in [0.717, 1.165) is 24.8 Å². The topological polar surface area (TPSA) is 58.6 Å². The second-order valence-electron chi connectivity index (χ2n) is 5.77. The summed E-state index contributed by atoms with van der Waals surface area (Å²) in [7, 11) is 0. The maximum atomic E-state index is 12.1. The molecule has 0 unspecified atom stereocenters. The summed E-state index contributed by atoms with van der Waals surface area (Å²) in [6.07, 6.45) is 3.10. The van der Waals surface area contributed by atoms with Crippen molar-refractivity contribution in [3.8, 4) is 5.75 Å². The Morgan fingerprint density at radius 2 is 2.23 bits per heavy atom. The van der Waals surface area contributed by atoms with Gasteiger partial charge in [0.05, 0.1) is 0 Å². The lowest BCUT2D eigenvalue weighted by Crippen LogP contribution is -2.41. The van der Waals surface area contributed by atoms with Gasteiger partial charge >= 0.3 is 0 Å². The van der Waals surface area contributed by atoms with E-state index in [2.05, 4.69) is 5.32 Å². The Labute approximate surface area is 134 Å². The molecule has 6 heteroatoms. The zero-order valence-corrected chi connectivity index (χ0v) is 13.1. The fraction of sp³-hybridized carbons (Fsp3) is 0.500. The molecule has 1 aromatic carbocycles. The number of nitrogens with one attached hydrogen (secondary N) is 1. The summed E-state index contributed by atoms with van der Waals surface area (Å²) in [5, 5.41) is 3.53. The van der Waals surface area contributed by atoms with Gasteiger partial charge < -0.3 is 15.0 Å². The molecule has 0 aromatic heterocycles. The number of nitrogens with zero attached hydrogens (tertiary/aromatic N) is 1. The molecule has 0 saturated heterocycles. The average Bonchev–Trinajstić information content (AvgIpc) is 2.57. The van der Waals surface area contributed by atoms with E-state index < -0.39 is 0 Å². The molecule has 1 aromatic rings. The highest BCUT2D eigenvalue weighted by Crippen LogP contribution is 2.27. The summed E-state index contributed by atoms with van der Waals surface area (Å²) in [4.78, 5) is 25.6. The Morgan fingerprint density at radius 1 is 1.41 bits per heavy atom. The van der Waals surface area contributed by atoms with Crippen molar-refractivity contribution in [2.45, 2.75) is 25.8 Å². The van der Waals surface area contributed by atoms with Gasteiger partial charge in [-0.2, -0.15) is 0 Å². The third kappa shape index (κ3) is 3.35. The molecule has 0 bridgehead atoms. The van der Waals surface area contributed by atoms with Crippen molar-refractivity contribution in [2.24, 2.45) is 5.92 Å². The fourth-order valence-corrected chi connectivity index (χ4v) is 2.86. The Balaban J connectivity index is 1.57. The first kappa shape index (κ1) is 15.2. The Bertz CT molecular complexity index is 587. The highest BCUT2D eigenvalue weighted by Gasteiger charge is 2.25. The first-order valence-corrected chi connectivity index (χ1v) is 7.98. The van der Waals surface area contributed by atoms with Gasteiger partial charge in [0.25, 0.3) is 5.91 Å². The lowest BCUT2D eigenvalue weighted by Gasteiger charge is -2.25. The summed E-state index contributed by atoms with van der Waals surface area (Å²) in [5.41, 5.74) is 0.892. The zero-order chi connectivity index (χ0) is 15.5. The Kier molecular flexibility index (Phi) is 4.52. The van der Waals surface area contributed by atoms with Crippen molar-refractivity contribution in [3.05, 3.63) is 28.8 Å². The highest BCUT2D eigenvalue weighted by molar-refractivity contribution is 6.30. The van der Waals surface area contributed by atoms with Gasteiger partial charge in [-0.25, -0.2) is 0 Å². The van der Waals surface area contributed by atoms with Gasteiger partial charge in [0.1, 0.15) is 5.75 Å². The lowest BCUT2D eigenvalue weighted by molar-refractivity contribution is -0.134. The van der Waals surface area contributed by atoms with Crippen molar-refractivity contribution in [1.82, 2.24) is 10.2 Å². The van der Waals surface area contributed by atoms with Gasteiger partial charge in [-0.1, -0.05) is 18.0 Å². The van der Waals surface area contributed by atoms with E-state index in [1.54, 1.807) is 17.0 Å². The van der Waals surface area contributed by atoms with Crippen LogP contribution in [0.1, 0.15) is 24.8 Å². The normalized spacial score (nSPS) is 18.0. The van der Waals surface area contributed by atoms with E-state index in [-0.39, 0.29) is 24.3 Å². The van der Waals surface area contributed by atoms with Crippen molar-refractivity contribution < 1.29 is 14.3 Å². The van der Waals surface area contributed by atoms with Gasteiger partial charge in [-0.3, -0.25) is 9.59 Å². The second kappa shape index (κ2) is 6.57. The van der Waals surface area contributed by atoms with Crippen LogP contribution in [0.15, 0.2) is 18.2 Å². The van der Waals surface area contributed by atoms with Crippen LogP contribution < -0.4 is 10.1 Å². The van der Waals surface area contributed by atoms with E-state index >= 15 is 0 Å². The third-order valence-corrected chi connectivity index (χ3v) is 4.48. The summed E-state index contributed by atoms with van der Waals surface area (Å²) in [6.45, 7) is 1.42. The molecule has 1 saturated carbocycles. The second-order valence-corrected chi connectivity index (χ2v) is 6.21. The molecule has 22 heavy (non-hydrogen) atoms. The quantitative estimate of drug-likeness (QED) is 0.922. The van der Waals surface area contributed by atoms with E-state index in [1.165, 1.54) is 0 Å². The molecule has 0 radical (unpaired) electrons. The summed E-state index contributed by atoms with van der Waals surface area (Å²) >= 11 is 6.00. The van der Waals surface area contributed by atoms with E-state index in [1.807, 2.05) is 6.07 Å². The molecule has 0 spiro atoms. The minimum Gasteiger partial charge on any atom is -0.483 e. The number of halogens is 1. The number of benzene rings is 1. The van der Waals surface area contributed by atoms with E-state index in [0.29, 0.717) is 30.4 Å². The van der Waals surface area contributed by atoms with Gasteiger partial charge in [0, 0.05) is 36.1 Å². The van der Waals surface area contributed by atoms with Crippen LogP contribution in [0.5, 0.6) is 5.75 Å². The van der Waals surface area contributed by atoms with Crippen LogP contribution in [-0.4, -0.2) is 36.4 Å². The highest BCUT2D eigenvalue weighted by atomic mass is 35.5. The molecule has 1 heterocycles. The smallest absolute Gasteiger partial charge is 0.260 e. The predicted molar refractivity (Wildman–Crippen MR) is 82.7 cm³/mol. The number of fused-ring (bicyclic) bond motifs is 1. The molecule has 3 rings (SSSR count). The molecule has 5 nitrogen and oxygen atoms in total. The number of rotatable bonds is 4. The van der Waals surface area contributed by atoms with Crippen LogP contribution in [0.3, 0.4) is 0 Å². The number of hydrogen-bond acceptors (Lipinski definition) is 3. The molecule has 1 N–H and O–H groups in total. The molecule has 2 amide bonds. The Hall–Kier alpha value is -1.75. The molecule has 1 fully saturated rings. The zero-order valence-electron chi connectivity index (χ0n) is 12.3. The van der Waals surface area contributed by atoms with Crippen LogP contribution >= 0.6 is 11.6 Å². The van der Waals surface area contributed by atoms with E-state index in [9.17, 15) is 9.59 Å². The first-order chi connectivity index (χ1) is 10.6. The molecule has 2 aliphatic rings. The number of carbonyl (C=O) groups excluding carboxylic acids is 2. The summed E-state index contributed by atoms with van der Waals surface area (Å²) in [6, 6.07) is 5.35. The molecule has 0 atom stereocenters. The number of carbonyl (C=O) groups is 2. The fourth-order valence-electron chi connectivity index (χ4n) is 2.67. The van der Waals surface area contributed by atoms with Crippen molar-refractivity contribution in [2.75, 3.05) is 19.7 Å². The Morgan fingerprint density at radius 3 is 2.95 bits per heavy atom. The van der Waals surface area contributed by atoms with Crippen LogP contribution in [-0.2, 0) is 16.1 Å². The largest absolute Gasteiger partial charge is 0.483 e. The minimum absolute atomic E-state index is 0.0191. The van der Waals surface area contributed by atoms with Gasteiger partial charge in [0.2, 0.25) is 5.91 Å². The number of ether oxygens (including phenoxy) is 1. The third-order valence-electron chi connectivity index (χ3n) is 4.24. The summed E-state index contributed by atoms with van der Waals surface area (Å²) in [5.74, 6) is 0.889. The molecular formula is C16H19ClN2O3. The minimum atomic E-state index is -0.0785. The standard InChI is InChI=1S/C16H19ClN2O3/c17-13-4-5-14-12(8-13)9-19(15(20)10-22-14)7-6-18-16(21)11-2-1-3-11/h4-5,8,11H,1-3,6-7,9-10H2,(H,18,21). The molecule has 1 aliphatic heterocycles. The average molecular weight is 323 g/mol. The van der Waals surface area contributed by atoms with Crippen molar-refractivity contribution in [1.29, 1.82) is 0 Å². The van der Waals surface area contributed by atoms with Crippen LogP contribution in [0.2, 0.25) is 5.02 Å². The summed E-state index contributed by atoms with van der Waals surface area (Å²) < 4.78 is 5.50. The molecular weight excluding hydrogens is 304 g/mol. The first-order valence-electron chi connectivity index (χ1n) is 7.60. The number of amides is 2. The van der Waals surface area contributed by atoms with Gasteiger partial charge in [-0.15, -0.1) is 0 Å². The van der Waals surface area contributed by atoms with E-state index in [4.69, 9.17) is 16.3 Å². The predicted octanol–water partition coefficient (Wildman–Crippen LogP) is 1.98. The molecule has 1 aliphatic carbocycles. The number of hydrogen-bond donors (Lipinski definition) is 1. The lowest BCUT2D eigenvalue weighted by atomic mass is 9.85. The molecule has 118 valence electrons. The van der Waals surface area contributed by atoms with Gasteiger partial charge in [-0.05, 0) is 31.0 Å². The van der Waals surface area contributed by atoms with Crippen LogP contribution in [0.25, 0.3) is 0 Å². The maximum Gasteiger partial charge on any atom is 0.260 e. The van der Waals surface area contributed by atoms with Gasteiger partial charge in [0.15, 0.2) is 6.61 Å². The van der Waals surface area contributed by atoms with Crippen molar-refractivity contribution in [3.63, 3.8) is 0 Å². The monoisotopic (exact) mass is 322 g/mol. The van der Waals surface area contributed by atoms with Crippen LogP contribution in [0, 0.1) is 5.92 Å². The van der Waals surface area contributed by atoms with Crippen molar-refractivity contribution >= 4 is 23.4 Å². The SMILES string of the molecule is O=C(NCCN1Cc2cc(Cl)ccc2OCC1=O)C1CCC1.